The normalized spacial score (nSPS) is 15.7. The number of sulfone groups is 1. The van der Waals surface area contributed by atoms with Crippen molar-refractivity contribution >= 4 is 44.4 Å². The number of nitrogens with one attached hydrogen (secondary N) is 1. The average molecular weight is 410 g/mol. The molecular weight excluding hydrogens is 390 g/mol. The van der Waals surface area contributed by atoms with E-state index in [-0.39, 0.29) is 4.90 Å². The van der Waals surface area contributed by atoms with E-state index in [9.17, 15) is 8.42 Å². The first-order valence-corrected chi connectivity index (χ1v) is 11.8. The van der Waals surface area contributed by atoms with Crippen molar-refractivity contribution in [2.75, 3.05) is 37.3 Å². The molecule has 0 amide bonds. The van der Waals surface area contributed by atoms with E-state index in [1.807, 2.05) is 19.2 Å². The van der Waals surface area contributed by atoms with Crippen molar-refractivity contribution in [3.05, 3.63) is 29.3 Å². The highest BCUT2D eigenvalue weighted by Crippen LogP contribution is 2.35. The van der Waals surface area contributed by atoms with Gasteiger partial charge in [-0.25, -0.2) is 13.4 Å². The molecule has 7 nitrogen and oxygen atoms in total. The van der Waals surface area contributed by atoms with Gasteiger partial charge in [0.1, 0.15) is 15.1 Å². The van der Waals surface area contributed by atoms with Crippen LogP contribution in [-0.4, -0.2) is 55.5 Å². The molecule has 0 unspecified atom stereocenters. The molecule has 4 rings (SSSR count). The summed E-state index contributed by atoms with van der Waals surface area (Å²) in [5, 5.41) is 10.2. The first-order chi connectivity index (χ1) is 12.5. The first-order valence-electron chi connectivity index (χ1n) is 8.21. The smallest absolute Gasteiger partial charge is 0.222 e. The second kappa shape index (κ2) is 6.84. The monoisotopic (exact) mass is 409 g/mol. The standard InChI is InChI=1S/C16H19N5O2S3/c1-11-10-12(20-7-5-17-6-8-20)21-15(18-11)14(16(19-21)24-2)26(22,23)13-4-3-9-25-13/h3-4,9-10,17H,5-8H2,1-2H3. The van der Waals surface area contributed by atoms with Crippen LogP contribution in [0.5, 0.6) is 0 Å². The predicted molar refractivity (Wildman–Crippen MR) is 104 cm³/mol. The molecule has 1 aliphatic rings. The summed E-state index contributed by atoms with van der Waals surface area (Å²) in [5.74, 6) is 0.886. The van der Waals surface area contributed by atoms with E-state index in [0.717, 1.165) is 37.7 Å². The third-order valence-corrected chi connectivity index (χ3v) is 8.28. The fraction of sp³-hybridized carbons (Fsp3) is 0.375. The molecule has 138 valence electrons. The number of rotatable bonds is 4. The van der Waals surface area contributed by atoms with Gasteiger partial charge in [0, 0.05) is 37.9 Å². The lowest BCUT2D eigenvalue weighted by atomic mass is 10.3. The Balaban J connectivity index is 1.98. The summed E-state index contributed by atoms with van der Waals surface area (Å²) in [6.45, 7) is 5.36. The highest BCUT2D eigenvalue weighted by molar-refractivity contribution is 8.00. The number of piperazine rings is 1. The van der Waals surface area contributed by atoms with Crippen LogP contribution >= 0.6 is 23.1 Å². The van der Waals surface area contributed by atoms with E-state index in [1.54, 1.807) is 22.0 Å². The minimum atomic E-state index is -3.66. The minimum Gasteiger partial charge on any atom is -0.354 e. The molecular formula is C16H19N5O2S3. The van der Waals surface area contributed by atoms with Gasteiger partial charge >= 0.3 is 0 Å². The zero-order valence-corrected chi connectivity index (χ0v) is 16.9. The number of fused-ring (bicyclic) bond motifs is 1. The van der Waals surface area contributed by atoms with Gasteiger partial charge in [-0.1, -0.05) is 6.07 Å². The number of aryl methyl sites for hydroxylation is 1. The van der Waals surface area contributed by atoms with Gasteiger partial charge in [-0.2, -0.15) is 9.61 Å². The van der Waals surface area contributed by atoms with Crippen LogP contribution < -0.4 is 10.2 Å². The maximum absolute atomic E-state index is 13.2. The second-order valence-electron chi connectivity index (χ2n) is 6.00. The Kier molecular flexibility index (Phi) is 4.68. The fourth-order valence-corrected chi connectivity index (χ4v) is 6.58. The van der Waals surface area contributed by atoms with Crippen molar-refractivity contribution in [1.29, 1.82) is 0 Å². The number of hydrogen-bond acceptors (Lipinski definition) is 8. The van der Waals surface area contributed by atoms with Crippen molar-refractivity contribution in [2.24, 2.45) is 0 Å². The van der Waals surface area contributed by atoms with Crippen LogP contribution in [0.1, 0.15) is 5.69 Å². The molecule has 0 radical (unpaired) electrons. The molecule has 0 aliphatic carbocycles. The van der Waals surface area contributed by atoms with E-state index in [4.69, 9.17) is 0 Å². The third kappa shape index (κ3) is 2.90. The molecule has 3 aromatic heterocycles. The van der Waals surface area contributed by atoms with E-state index < -0.39 is 9.84 Å². The number of nitrogens with zero attached hydrogens (tertiary/aromatic N) is 4. The molecule has 0 spiro atoms. The second-order valence-corrected chi connectivity index (χ2v) is 9.86. The summed E-state index contributed by atoms with van der Waals surface area (Å²) < 4.78 is 28.5. The van der Waals surface area contributed by atoms with Crippen LogP contribution in [0, 0.1) is 6.92 Å². The summed E-state index contributed by atoms with van der Waals surface area (Å²) in [5.41, 5.74) is 1.18. The van der Waals surface area contributed by atoms with Crippen LogP contribution in [-0.2, 0) is 9.84 Å². The highest BCUT2D eigenvalue weighted by atomic mass is 32.2. The Morgan fingerprint density at radius 1 is 1.31 bits per heavy atom. The summed E-state index contributed by atoms with van der Waals surface area (Å²) in [6, 6.07) is 5.34. The molecule has 0 bridgehead atoms. The highest BCUT2D eigenvalue weighted by Gasteiger charge is 2.31. The van der Waals surface area contributed by atoms with Crippen molar-refractivity contribution < 1.29 is 8.42 Å². The number of anilines is 1. The van der Waals surface area contributed by atoms with Gasteiger partial charge in [-0.3, -0.25) is 0 Å². The number of hydrogen-bond donors (Lipinski definition) is 1. The summed E-state index contributed by atoms with van der Waals surface area (Å²) in [4.78, 5) is 6.97. The van der Waals surface area contributed by atoms with Crippen LogP contribution in [0.3, 0.4) is 0 Å². The van der Waals surface area contributed by atoms with Crippen LogP contribution in [0.25, 0.3) is 5.65 Å². The molecule has 1 N–H and O–H groups in total. The predicted octanol–water partition coefficient (Wildman–Crippen LogP) is 2.06. The van der Waals surface area contributed by atoms with Crippen molar-refractivity contribution in [1.82, 2.24) is 19.9 Å². The molecule has 0 atom stereocenters. The number of thiophene rings is 1. The van der Waals surface area contributed by atoms with E-state index in [0.29, 0.717) is 14.9 Å². The van der Waals surface area contributed by atoms with Gasteiger partial charge in [-0.05, 0) is 24.6 Å². The summed E-state index contributed by atoms with van der Waals surface area (Å²) in [6.07, 6.45) is 1.84. The Morgan fingerprint density at radius 2 is 2.08 bits per heavy atom. The van der Waals surface area contributed by atoms with Crippen LogP contribution in [0.15, 0.2) is 37.7 Å². The number of thioether (sulfide) groups is 1. The van der Waals surface area contributed by atoms with Gasteiger partial charge in [0.25, 0.3) is 0 Å². The Bertz CT molecular complexity index is 1040. The van der Waals surface area contributed by atoms with Crippen molar-refractivity contribution in [2.45, 2.75) is 21.1 Å². The lowest BCUT2D eigenvalue weighted by Gasteiger charge is -2.29. The van der Waals surface area contributed by atoms with Crippen molar-refractivity contribution in [3.8, 4) is 0 Å². The van der Waals surface area contributed by atoms with Crippen LogP contribution in [0.2, 0.25) is 0 Å². The largest absolute Gasteiger partial charge is 0.354 e. The van der Waals surface area contributed by atoms with Gasteiger partial charge in [0.2, 0.25) is 9.84 Å². The van der Waals surface area contributed by atoms with Crippen LogP contribution in [0.4, 0.5) is 5.82 Å². The fourth-order valence-electron chi connectivity index (χ4n) is 3.09. The van der Waals surface area contributed by atoms with Gasteiger partial charge in [-0.15, -0.1) is 23.1 Å². The molecule has 1 saturated heterocycles. The molecule has 1 aliphatic heterocycles. The molecule has 3 aromatic rings. The Morgan fingerprint density at radius 3 is 2.73 bits per heavy atom. The maximum Gasteiger partial charge on any atom is 0.222 e. The lowest BCUT2D eigenvalue weighted by molar-refractivity contribution is 0.579. The lowest BCUT2D eigenvalue weighted by Crippen LogP contribution is -2.44. The maximum atomic E-state index is 13.2. The van der Waals surface area contributed by atoms with E-state index in [1.165, 1.54) is 23.1 Å². The van der Waals surface area contributed by atoms with Gasteiger partial charge in [0.15, 0.2) is 10.5 Å². The van der Waals surface area contributed by atoms with Crippen molar-refractivity contribution in [3.63, 3.8) is 0 Å². The topological polar surface area (TPSA) is 79.6 Å². The Labute approximate surface area is 160 Å². The Hall–Kier alpha value is -1.62. The summed E-state index contributed by atoms with van der Waals surface area (Å²) in [7, 11) is -3.66. The van der Waals surface area contributed by atoms with Gasteiger partial charge < -0.3 is 10.2 Å². The SMILES string of the molecule is CSc1nn2c(N3CCNCC3)cc(C)nc2c1S(=O)(=O)c1cccs1. The average Bonchev–Trinajstić information content (AvgIpc) is 3.30. The number of aromatic nitrogens is 3. The molecule has 4 heterocycles. The van der Waals surface area contributed by atoms with E-state index >= 15 is 0 Å². The van der Waals surface area contributed by atoms with E-state index in [2.05, 4.69) is 20.3 Å². The summed E-state index contributed by atoms with van der Waals surface area (Å²) >= 11 is 2.54. The quantitative estimate of drug-likeness (QED) is 0.661. The first kappa shape index (κ1) is 17.8. The third-order valence-electron chi connectivity index (χ3n) is 4.29. The molecule has 0 saturated carbocycles. The zero-order valence-electron chi connectivity index (χ0n) is 14.5. The molecule has 0 aromatic carbocycles. The molecule has 26 heavy (non-hydrogen) atoms. The minimum absolute atomic E-state index is 0.201. The molecule has 10 heteroatoms. The zero-order chi connectivity index (χ0) is 18.3. The molecule has 1 fully saturated rings. The van der Waals surface area contributed by atoms with Gasteiger partial charge in [0.05, 0.1) is 0 Å².